The van der Waals surface area contributed by atoms with Gasteiger partial charge in [-0.1, -0.05) is 12.1 Å². The fourth-order valence-electron chi connectivity index (χ4n) is 1.65. The maximum Gasteiger partial charge on any atom is 0.289 e. The molecule has 1 aromatic heterocycles. The maximum absolute atomic E-state index is 12.0. The van der Waals surface area contributed by atoms with Crippen molar-refractivity contribution in [3.8, 4) is 6.07 Å². The van der Waals surface area contributed by atoms with E-state index in [-0.39, 0.29) is 5.91 Å². The summed E-state index contributed by atoms with van der Waals surface area (Å²) in [6.45, 7) is 0.461. The van der Waals surface area contributed by atoms with E-state index in [4.69, 9.17) is 9.68 Å². The zero-order chi connectivity index (χ0) is 13.8. The molecule has 2 aromatic rings. The minimum atomic E-state index is -0.185. The summed E-state index contributed by atoms with van der Waals surface area (Å²) in [5.41, 5.74) is 1.56. The van der Waals surface area contributed by atoms with E-state index in [9.17, 15) is 4.79 Å². The van der Waals surface area contributed by atoms with Crippen LogP contribution in [0.25, 0.3) is 0 Å². The minimum Gasteiger partial charge on any atom is -0.444 e. The van der Waals surface area contributed by atoms with Crippen molar-refractivity contribution in [3.63, 3.8) is 0 Å². The van der Waals surface area contributed by atoms with Crippen LogP contribution in [0.2, 0.25) is 0 Å². The summed E-state index contributed by atoms with van der Waals surface area (Å²) in [6.07, 6.45) is 0. The highest BCUT2D eigenvalue weighted by atomic mass is 79.9. The molecular formula is C14H11BrN2O2. The zero-order valence-electron chi connectivity index (χ0n) is 10.3. The summed E-state index contributed by atoms with van der Waals surface area (Å²) >= 11 is 3.16. The molecule has 0 atom stereocenters. The Morgan fingerprint density at radius 3 is 2.53 bits per heavy atom. The van der Waals surface area contributed by atoms with E-state index in [1.165, 1.54) is 0 Å². The van der Waals surface area contributed by atoms with Crippen LogP contribution in [-0.4, -0.2) is 17.9 Å². The van der Waals surface area contributed by atoms with Crippen LogP contribution < -0.4 is 0 Å². The predicted molar refractivity (Wildman–Crippen MR) is 73.4 cm³/mol. The van der Waals surface area contributed by atoms with E-state index in [1.807, 2.05) is 12.1 Å². The summed E-state index contributed by atoms with van der Waals surface area (Å²) in [6, 6.07) is 12.5. The first-order chi connectivity index (χ1) is 9.10. The second kappa shape index (κ2) is 5.72. The van der Waals surface area contributed by atoms with Crippen molar-refractivity contribution in [3.05, 3.63) is 58.0 Å². The minimum absolute atomic E-state index is 0.185. The van der Waals surface area contributed by atoms with Gasteiger partial charge in [-0.2, -0.15) is 5.26 Å². The van der Waals surface area contributed by atoms with Gasteiger partial charge in [-0.3, -0.25) is 4.79 Å². The second-order valence-corrected chi connectivity index (χ2v) is 4.86. The number of amides is 1. The van der Waals surface area contributed by atoms with Gasteiger partial charge in [-0.15, -0.1) is 0 Å². The Labute approximate surface area is 119 Å². The summed E-state index contributed by atoms with van der Waals surface area (Å²) in [5.74, 6) is 0.109. The first kappa shape index (κ1) is 13.4. The second-order valence-electron chi connectivity index (χ2n) is 4.07. The topological polar surface area (TPSA) is 57.2 Å². The van der Waals surface area contributed by atoms with Gasteiger partial charge in [0.15, 0.2) is 10.4 Å². The molecule has 0 bridgehead atoms. The lowest BCUT2D eigenvalue weighted by Crippen LogP contribution is -2.25. The molecule has 4 nitrogen and oxygen atoms in total. The Bertz CT molecular complexity index is 626. The van der Waals surface area contributed by atoms with Crippen LogP contribution in [0.5, 0.6) is 0 Å². The number of furan rings is 1. The Hall–Kier alpha value is -2.06. The molecule has 96 valence electrons. The summed E-state index contributed by atoms with van der Waals surface area (Å²) in [7, 11) is 1.71. The molecule has 1 amide bonds. The molecule has 0 fully saturated rings. The number of nitrogens with zero attached hydrogens (tertiary/aromatic N) is 2. The normalized spacial score (nSPS) is 9.95. The van der Waals surface area contributed by atoms with Gasteiger partial charge in [-0.25, -0.2) is 0 Å². The molecule has 0 aliphatic rings. The quantitative estimate of drug-likeness (QED) is 0.873. The number of carbonyl (C=O) groups is 1. The van der Waals surface area contributed by atoms with Crippen molar-refractivity contribution >= 4 is 21.8 Å². The molecule has 1 heterocycles. The fraction of sp³-hybridized carbons (Fsp3) is 0.143. The zero-order valence-corrected chi connectivity index (χ0v) is 11.8. The molecule has 0 radical (unpaired) electrons. The van der Waals surface area contributed by atoms with Crippen LogP contribution in [0.15, 0.2) is 45.5 Å². The average molecular weight is 319 g/mol. The van der Waals surface area contributed by atoms with Crippen LogP contribution in [-0.2, 0) is 6.54 Å². The van der Waals surface area contributed by atoms with Crippen molar-refractivity contribution < 1.29 is 9.21 Å². The third-order valence-electron chi connectivity index (χ3n) is 2.63. The van der Waals surface area contributed by atoms with Gasteiger partial charge in [0.25, 0.3) is 5.91 Å². The number of rotatable bonds is 3. The van der Waals surface area contributed by atoms with Gasteiger partial charge in [0.1, 0.15) is 0 Å². The molecule has 0 saturated heterocycles. The van der Waals surface area contributed by atoms with Crippen LogP contribution in [0.4, 0.5) is 0 Å². The first-order valence-corrected chi connectivity index (χ1v) is 6.39. The number of hydrogen-bond acceptors (Lipinski definition) is 3. The van der Waals surface area contributed by atoms with Crippen LogP contribution in [0.1, 0.15) is 21.7 Å². The average Bonchev–Trinajstić information content (AvgIpc) is 2.85. The number of hydrogen-bond donors (Lipinski definition) is 0. The number of halogens is 1. The van der Waals surface area contributed by atoms with E-state index >= 15 is 0 Å². The molecule has 0 unspecified atom stereocenters. The Kier molecular flexibility index (Phi) is 4.03. The molecule has 5 heteroatoms. The van der Waals surface area contributed by atoms with Gasteiger partial charge >= 0.3 is 0 Å². The van der Waals surface area contributed by atoms with Crippen LogP contribution >= 0.6 is 15.9 Å². The molecule has 0 aliphatic heterocycles. The summed E-state index contributed by atoms with van der Waals surface area (Å²) < 4.78 is 5.75. The standard InChI is InChI=1S/C14H11BrN2O2/c1-17(14(18)12-6-7-13(15)19-12)9-11-4-2-10(8-16)3-5-11/h2-7H,9H2,1H3. The van der Waals surface area contributed by atoms with Gasteiger partial charge < -0.3 is 9.32 Å². The van der Waals surface area contributed by atoms with Crippen molar-refractivity contribution in [1.29, 1.82) is 5.26 Å². The van der Waals surface area contributed by atoms with Crippen molar-refractivity contribution in [2.45, 2.75) is 6.54 Å². The van der Waals surface area contributed by atoms with Gasteiger partial charge in [0.05, 0.1) is 11.6 Å². The highest BCUT2D eigenvalue weighted by Crippen LogP contribution is 2.16. The summed E-state index contributed by atoms with van der Waals surface area (Å²) in [4.78, 5) is 13.6. The molecule has 0 N–H and O–H groups in total. The molecule has 0 saturated carbocycles. The highest BCUT2D eigenvalue weighted by Gasteiger charge is 2.15. The third kappa shape index (κ3) is 3.24. The monoisotopic (exact) mass is 318 g/mol. The van der Waals surface area contributed by atoms with E-state index in [1.54, 1.807) is 36.2 Å². The highest BCUT2D eigenvalue weighted by molar-refractivity contribution is 9.10. The Morgan fingerprint density at radius 2 is 2.00 bits per heavy atom. The SMILES string of the molecule is CN(Cc1ccc(C#N)cc1)C(=O)c1ccc(Br)o1. The lowest BCUT2D eigenvalue weighted by Gasteiger charge is -2.15. The van der Waals surface area contributed by atoms with Crippen molar-refractivity contribution in [1.82, 2.24) is 4.90 Å². The maximum atomic E-state index is 12.0. The van der Waals surface area contributed by atoms with Gasteiger partial charge in [0.2, 0.25) is 0 Å². The lowest BCUT2D eigenvalue weighted by atomic mass is 10.1. The lowest BCUT2D eigenvalue weighted by molar-refractivity contribution is 0.0752. The van der Waals surface area contributed by atoms with Crippen LogP contribution in [0.3, 0.4) is 0 Å². The third-order valence-corrected chi connectivity index (χ3v) is 3.06. The largest absolute Gasteiger partial charge is 0.444 e. The first-order valence-electron chi connectivity index (χ1n) is 5.60. The fourth-order valence-corrected chi connectivity index (χ4v) is 1.95. The van der Waals surface area contributed by atoms with Crippen molar-refractivity contribution in [2.24, 2.45) is 0 Å². The molecule has 0 spiro atoms. The van der Waals surface area contributed by atoms with E-state index in [2.05, 4.69) is 22.0 Å². The summed E-state index contributed by atoms with van der Waals surface area (Å²) in [5, 5.41) is 8.72. The molecular weight excluding hydrogens is 308 g/mol. The Morgan fingerprint density at radius 1 is 1.32 bits per heavy atom. The molecule has 2 rings (SSSR count). The molecule has 0 aliphatic carbocycles. The number of carbonyl (C=O) groups excluding carboxylic acids is 1. The van der Waals surface area contributed by atoms with Gasteiger partial charge in [-0.05, 0) is 45.8 Å². The number of nitriles is 1. The van der Waals surface area contributed by atoms with Gasteiger partial charge in [0, 0.05) is 13.6 Å². The van der Waals surface area contributed by atoms with Crippen LogP contribution in [0, 0.1) is 11.3 Å². The molecule has 19 heavy (non-hydrogen) atoms. The Balaban J connectivity index is 2.06. The van der Waals surface area contributed by atoms with E-state index in [0.717, 1.165) is 5.56 Å². The smallest absolute Gasteiger partial charge is 0.289 e. The molecule has 1 aromatic carbocycles. The predicted octanol–water partition coefficient (Wildman–Crippen LogP) is 3.19. The number of benzene rings is 1. The van der Waals surface area contributed by atoms with Crippen molar-refractivity contribution in [2.75, 3.05) is 7.05 Å². The van der Waals surface area contributed by atoms with E-state index < -0.39 is 0 Å². The van der Waals surface area contributed by atoms with E-state index in [0.29, 0.717) is 22.5 Å².